The molecule has 2 fully saturated rings. The van der Waals surface area contributed by atoms with E-state index in [-0.39, 0.29) is 17.9 Å². The van der Waals surface area contributed by atoms with Crippen molar-refractivity contribution in [3.63, 3.8) is 0 Å². The zero-order valence-corrected chi connectivity index (χ0v) is 13.1. The topological polar surface area (TPSA) is 74.3 Å². The Morgan fingerprint density at radius 1 is 1.52 bits per heavy atom. The number of carbonyl (C=O) groups excluding carboxylic acids is 2. The fraction of sp³-hybridized carbons (Fsp3) is 0.643. The molecule has 0 radical (unpaired) electrons. The highest BCUT2D eigenvalue weighted by molar-refractivity contribution is 7.09. The first-order valence-corrected chi connectivity index (χ1v) is 8.12. The standard InChI is InChI=1S/C14H20N4O2S/c1-9-15-11(8-21-9)7-18-5-3-4-10(6-18)14(2)12(19)16-13(20)17-14/h8,10H,3-7H2,1-2H3,(H2,16,17,19,20)/t10-,14-/m0/s1. The van der Waals surface area contributed by atoms with Crippen LogP contribution in [0, 0.1) is 12.8 Å². The van der Waals surface area contributed by atoms with Gasteiger partial charge in [0, 0.05) is 24.4 Å². The highest BCUT2D eigenvalue weighted by atomic mass is 32.1. The largest absolute Gasteiger partial charge is 0.323 e. The Hall–Kier alpha value is -1.47. The van der Waals surface area contributed by atoms with E-state index in [0.717, 1.165) is 43.2 Å². The van der Waals surface area contributed by atoms with Crippen molar-refractivity contribution in [2.45, 2.75) is 38.8 Å². The molecule has 1 aromatic rings. The van der Waals surface area contributed by atoms with Crippen LogP contribution in [0.2, 0.25) is 0 Å². The lowest BCUT2D eigenvalue weighted by Crippen LogP contribution is -2.55. The predicted molar refractivity (Wildman–Crippen MR) is 79.9 cm³/mol. The van der Waals surface area contributed by atoms with Gasteiger partial charge in [-0.3, -0.25) is 15.0 Å². The summed E-state index contributed by atoms with van der Waals surface area (Å²) in [6, 6.07) is -0.380. The van der Waals surface area contributed by atoms with Gasteiger partial charge in [-0.25, -0.2) is 9.78 Å². The summed E-state index contributed by atoms with van der Waals surface area (Å²) < 4.78 is 0. The number of likely N-dealkylation sites (tertiary alicyclic amines) is 1. The van der Waals surface area contributed by atoms with E-state index in [0.29, 0.717) is 0 Å². The lowest BCUT2D eigenvalue weighted by Gasteiger charge is -2.39. The van der Waals surface area contributed by atoms with E-state index in [1.54, 1.807) is 11.3 Å². The molecule has 2 N–H and O–H groups in total. The van der Waals surface area contributed by atoms with Crippen molar-refractivity contribution in [3.8, 4) is 0 Å². The molecule has 0 spiro atoms. The van der Waals surface area contributed by atoms with Crippen LogP contribution in [0.5, 0.6) is 0 Å². The number of nitrogens with one attached hydrogen (secondary N) is 2. The first kappa shape index (κ1) is 14.5. The monoisotopic (exact) mass is 308 g/mol. The maximum atomic E-state index is 12.1. The van der Waals surface area contributed by atoms with E-state index < -0.39 is 5.54 Å². The first-order valence-electron chi connectivity index (χ1n) is 7.24. The van der Waals surface area contributed by atoms with Crippen molar-refractivity contribution < 1.29 is 9.59 Å². The molecule has 3 amide bonds. The van der Waals surface area contributed by atoms with Gasteiger partial charge in [0.15, 0.2) is 0 Å². The third-order valence-electron chi connectivity index (χ3n) is 4.45. The summed E-state index contributed by atoms with van der Waals surface area (Å²) in [6.45, 7) is 6.47. The number of carbonyl (C=O) groups is 2. The minimum absolute atomic E-state index is 0.137. The number of amides is 3. The van der Waals surface area contributed by atoms with Crippen LogP contribution >= 0.6 is 11.3 Å². The Kier molecular flexibility index (Phi) is 3.71. The van der Waals surface area contributed by atoms with Gasteiger partial charge in [-0.05, 0) is 33.2 Å². The summed E-state index contributed by atoms with van der Waals surface area (Å²) >= 11 is 1.66. The molecule has 2 aliphatic rings. The number of rotatable bonds is 3. The van der Waals surface area contributed by atoms with Crippen molar-refractivity contribution in [1.29, 1.82) is 0 Å². The quantitative estimate of drug-likeness (QED) is 0.825. The third kappa shape index (κ3) is 2.80. The molecular weight excluding hydrogens is 288 g/mol. The van der Waals surface area contributed by atoms with Gasteiger partial charge in [-0.15, -0.1) is 11.3 Å². The fourth-order valence-electron chi connectivity index (χ4n) is 3.22. The SMILES string of the molecule is Cc1nc(CN2CCC[C@H]([C@]3(C)NC(=O)NC3=O)C2)cs1. The van der Waals surface area contributed by atoms with Gasteiger partial charge in [0.2, 0.25) is 0 Å². The Morgan fingerprint density at radius 3 is 2.95 bits per heavy atom. The number of hydrogen-bond acceptors (Lipinski definition) is 5. The second-order valence-electron chi connectivity index (χ2n) is 6.04. The molecule has 0 saturated carbocycles. The van der Waals surface area contributed by atoms with E-state index in [1.807, 2.05) is 13.8 Å². The van der Waals surface area contributed by atoms with Crippen molar-refractivity contribution in [2.75, 3.05) is 13.1 Å². The van der Waals surface area contributed by atoms with Crippen LogP contribution in [-0.2, 0) is 11.3 Å². The Labute approximate surface area is 127 Å². The number of urea groups is 1. The molecule has 21 heavy (non-hydrogen) atoms. The Bertz CT molecular complexity index is 573. The normalized spacial score (nSPS) is 30.3. The molecule has 3 heterocycles. The highest BCUT2D eigenvalue weighted by Gasteiger charge is 2.48. The lowest BCUT2D eigenvalue weighted by atomic mass is 9.80. The summed E-state index contributed by atoms with van der Waals surface area (Å²) in [4.78, 5) is 30.3. The number of imide groups is 1. The maximum absolute atomic E-state index is 12.1. The van der Waals surface area contributed by atoms with Gasteiger partial charge >= 0.3 is 6.03 Å². The van der Waals surface area contributed by atoms with E-state index in [1.165, 1.54) is 0 Å². The van der Waals surface area contributed by atoms with Gasteiger partial charge in [0.25, 0.3) is 5.91 Å². The van der Waals surface area contributed by atoms with Crippen LogP contribution in [0.15, 0.2) is 5.38 Å². The fourth-order valence-corrected chi connectivity index (χ4v) is 3.83. The van der Waals surface area contributed by atoms with Crippen molar-refractivity contribution in [3.05, 3.63) is 16.1 Å². The highest BCUT2D eigenvalue weighted by Crippen LogP contribution is 2.30. The summed E-state index contributed by atoms with van der Waals surface area (Å²) in [5, 5.41) is 8.32. The molecule has 0 aromatic carbocycles. The number of hydrogen-bond donors (Lipinski definition) is 2. The average Bonchev–Trinajstić information content (AvgIpc) is 2.94. The van der Waals surface area contributed by atoms with E-state index in [4.69, 9.17) is 0 Å². The summed E-state index contributed by atoms with van der Waals surface area (Å²) in [5.41, 5.74) is 0.302. The summed E-state index contributed by atoms with van der Waals surface area (Å²) in [5.74, 6) is -0.0683. The van der Waals surface area contributed by atoms with Crippen LogP contribution in [0.1, 0.15) is 30.5 Å². The number of thiazole rings is 1. The number of piperidine rings is 1. The third-order valence-corrected chi connectivity index (χ3v) is 5.27. The Morgan fingerprint density at radius 2 is 2.33 bits per heavy atom. The number of aromatic nitrogens is 1. The molecule has 114 valence electrons. The molecule has 0 aliphatic carbocycles. The minimum Gasteiger partial charge on any atom is -0.323 e. The molecule has 1 aromatic heterocycles. The van der Waals surface area contributed by atoms with Crippen molar-refractivity contribution in [1.82, 2.24) is 20.5 Å². The zero-order chi connectivity index (χ0) is 15.0. The average molecular weight is 308 g/mol. The molecule has 2 atom stereocenters. The molecule has 3 rings (SSSR count). The molecule has 6 nitrogen and oxygen atoms in total. The summed E-state index contributed by atoms with van der Waals surface area (Å²) in [6.07, 6.45) is 1.99. The van der Waals surface area contributed by atoms with E-state index in [9.17, 15) is 9.59 Å². The molecule has 2 aliphatic heterocycles. The van der Waals surface area contributed by atoms with Gasteiger partial charge in [-0.1, -0.05) is 0 Å². The van der Waals surface area contributed by atoms with Gasteiger partial charge < -0.3 is 5.32 Å². The van der Waals surface area contributed by atoms with Gasteiger partial charge in [-0.2, -0.15) is 0 Å². The number of nitrogens with zero attached hydrogens (tertiary/aromatic N) is 2. The molecule has 7 heteroatoms. The molecular formula is C14H20N4O2S. The Balaban J connectivity index is 1.68. The molecule has 0 unspecified atom stereocenters. The van der Waals surface area contributed by atoms with Gasteiger partial charge in [0.05, 0.1) is 10.7 Å². The smallest absolute Gasteiger partial charge is 0.322 e. The first-order chi connectivity index (χ1) is 9.97. The van der Waals surface area contributed by atoms with Crippen LogP contribution in [-0.4, -0.2) is 40.5 Å². The second-order valence-corrected chi connectivity index (χ2v) is 7.10. The summed E-state index contributed by atoms with van der Waals surface area (Å²) in [7, 11) is 0. The minimum atomic E-state index is -0.784. The molecule has 2 saturated heterocycles. The van der Waals surface area contributed by atoms with Gasteiger partial charge in [0.1, 0.15) is 5.54 Å². The van der Waals surface area contributed by atoms with Crippen LogP contribution in [0.4, 0.5) is 4.79 Å². The zero-order valence-electron chi connectivity index (χ0n) is 12.3. The van der Waals surface area contributed by atoms with Crippen molar-refractivity contribution >= 4 is 23.3 Å². The molecule has 0 bridgehead atoms. The van der Waals surface area contributed by atoms with E-state index in [2.05, 4.69) is 25.9 Å². The second kappa shape index (κ2) is 5.38. The van der Waals surface area contributed by atoms with Crippen LogP contribution < -0.4 is 10.6 Å². The van der Waals surface area contributed by atoms with Crippen molar-refractivity contribution in [2.24, 2.45) is 5.92 Å². The predicted octanol–water partition coefficient (Wildman–Crippen LogP) is 1.26. The van der Waals surface area contributed by atoms with E-state index >= 15 is 0 Å². The number of aryl methyl sites for hydroxylation is 1. The maximum Gasteiger partial charge on any atom is 0.322 e. The van der Waals surface area contributed by atoms with Crippen LogP contribution in [0.3, 0.4) is 0 Å². The lowest BCUT2D eigenvalue weighted by molar-refractivity contribution is -0.126. The van der Waals surface area contributed by atoms with Crippen LogP contribution in [0.25, 0.3) is 0 Å².